The van der Waals surface area contributed by atoms with Crippen LogP contribution in [-0.4, -0.2) is 41.0 Å². The second kappa shape index (κ2) is 10.2. The smallest absolute Gasteiger partial charge is 0.416 e. The van der Waals surface area contributed by atoms with Crippen molar-refractivity contribution in [3.63, 3.8) is 0 Å². The first-order valence-corrected chi connectivity index (χ1v) is 11.4. The summed E-state index contributed by atoms with van der Waals surface area (Å²) in [5.74, 6) is -1.71. The normalized spacial score (nSPS) is 13.5. The van der Waals surface area contributed by atoms with E-state index in [2.05, 4.69) is 0 Å². The molecular formula is C27H23F3N2O4. The molecule has 0 radical (unpaired) electrons. The van der Waals surface area contributed by atoms with E-state index < -0.39 is 29.6 Å². The first kappa shape index (κ1) is 25.0. The minimum Gasteiger partial charge on any atom is -0.481 e. The molecule has 0 atom stereocenters. The molecule has 3 amide bonds. The molecule has 1 aliphatic heterocycles. The average molecular weight is 496 g/mol. The number of urea groups is 1. The Morgan fingerprint density at radius 3 is 2.19 bits per heavy atom. The van der Waals surface area contributed by atoms with E-state index >= 15 is 0 Å². The highest BCUT2D eigenvalue weighted by molar-refractivity contribution is 6.22. The number of carbonyl (C=O) groups is 3. The zero-order valence-corrected chi connectivity index (χ0v) is 19.2. The lowest BCUT2D eigenvalue weighted by Gasteiger charge is -2.27. The molecule has 6 nitrogen and oxygen atoms in total. The molecule has 3 aromatic rings. The maximum atomic E-state index is 13.9. The molecule has 1 fully saturated rings. The van der Waals surface area contributed by atoms with E-state index in [1.807, 2.05) is 0 Å². The number of hydrogen-bond donors (Lipinski definition) is 1. The number of anilines is 1. The molecule has 1 heterocycles. The van der Waals surface area contributed by atoms with Crippen LogP contribution in [-0.2, 0) is 17.4 Å². The molecule has 0 bridgehead atoms. The van der Waals surface area contributed by atoms with Crippen molar-refractivity contribution >= 4 is 23.6 Å². The zero-order chi connectivity index (χ0) is 25.9. The molecule has 3 aromatic carbocycles. The molecule has 0 aliphatic carbocycles. The van der Waals surface area contributed by atoms with Crippen LogP contribution in [0.2, 0.25) is 0 Å². The highest BCUT2D eigenvalue weighted by atomic mass is 19.4. The lowest BCUT2D eigenvalue weighted by Crippen LogP contribution is -2.45. The Hall–Kier alpha value is -4.14. The number of benzene rings is 3. The number of hydrogen-bond acceptors (Lipinski definition) is 3. The second-order valence-corrected chi connectivity index (χ2v) is 8.48. The Kier molecular flexibility index (Phi) is 7.10. The Bertz CT molecular complexity index is 1280. The Morgan fingerprint density at radius 2 is 1.56 bits per heavy atom. The van der Waals surface area contributed by atoms with E-state index in [4.69, 9.17) is 0 Å². The monoisotopic (exact) mass is 496 g/mol. The van der Waals surface area contributed by atoms with Gasteiger partial charge in [-0.3, -0.25) is 9.59 Å². The molecule has 1 aliphatic rings. The van der Waals surface area contributed by atoms with Gasteiger partial charge in [0.15, 0.2) is 0 Å². The van der Waals surface area contributed by atoms with Crippen molar-refractivity contribution in [2.45, 2.75) is 25.4 Å². The number of aliphatic carboxylic acids is 1. The molecule has 1 saturated heterocycles. The van der Waals surface area contributed by atoms with E-state index in [1.165, 1.54) is 24.3 Å². The molecule has 0 spiro atoms. The van der Waals surface area contributed by atoms with Crippen LogP contribution in [0.4, 0.5) is 23.7 Å². The second-order valence-electron chi connectivity index (χ2n) is 8.48. The van der Waals surface area contributed by atoms with Crippen molar-refractivity contribution in [3.8, 4) is 11.1 Å². The third kappa shape index (κ3) is 5.40. The number of imide groups is 1. The van der Waals surface area contributed by atoms with E-state index in [9.17, 15) is 32.7 Å². The fraction of sp³-hybridized carbons (Fsp3) is 0.222. The standard InChI is InChI=1S/C27H23F3N2O4/c28-27(29,30)20-12-10-19(11-13-20)22-8-1-2-9-23(22)25(35)32(26(36)31-14-3-4-15-31)21-7-5-6-18(16-21)17-24(33)34/h1-2,5-13,16H,3-4,14-15,17H2,(H,33,34). The molecule has 1 N–H and O–H groups in total. The van der Waals surface area contributed by atoms with E-state index in [0.29, 0.717) is 29.8 Å². The van der Waals surface area contributed by atoms with Gasteiger partial charge in [0.05, 0.1) is 17.7 Å². The summed E-state index contributed by atoms with van der Waals surface area (Å²) in [5.41, 5.74) is 0.725. The van der Waals surface area contributed by atoms with E-state index in [1.54, 1.807) is 41.3 Å². The summed E-state index contributed by atoms with van der Waals surface area (Å²) >= 11 is 0. The van der Waals surface area contributed by atoms with Gasteiger partial charge in [-0.05, 0) is 59.9 Å². The number of likely N-dealkylation sites (tertiary alicyclic amines) is 1. The zero-order valence-electron chi connectivity index (χ0n) is 19.2. The third-order valence-electron chi connectivity index (χ3n) is 5.98. The van der Waals surface area contributed by atoms with Crippen LogP contribution in [0.3, 0.4) is 0 Å². The summed E-state index contributed by atoms with van der Waals surface area (Å²) in [6.07, 6.45) is -3.17. The van der Waals surface area contributed by atoms with Crippen LogP contribution in [0.1, 0.15) is 34.3 Å². The summed E-state index contributed by atoms with van der Waals surface area (Å²) in [4.78, 5) is 41.1. The fourth-order valence-corrected chi connectivity index (χ4v) is 4.23. The number of alkyl halides is 3. The summed E-state index contributed by atoms with van der Waals surface area (Å²) in [6.45, 7) is 0.968. The first-order chi connectivity index (χ1) is 17.1. The Labute approximate surface area is 205 Å². The Morgan fingerprint density at radius 1 is 0.889 bits per heavy atom. The third-order valence-corrected chi connectivity index (χ3v) is 5.98. The number of rotatable bonds is 5. The van der Waals surface area contributed by atoms with Gasteiger partial charge in [0.2, 0.25) is 0 Å². The van der Waals surface area contributed by atoms with Gasteiger partial charge in [0.1, 0.15) is 0 Å². The number of carboxylic acid groups (broad SMARTS) is 1. The van der Waals surface area contributed by atoms with Crippen molar-refractivity contribution in [1.29, 1.82) is 0 Å². The fourth-order valence-electron chi connectivity index (χ4n) is 4.23. The van der Waals surface area contributed by atoms with E-state index in [0.717, 1.165) is 29.9 Å². The van der Waals surface area contributed by atoms with Gasteiger partial charge >= 0.3 is 18.2 Å². The molecule has 0 saturated carbocycles. The number of halogens is 3. The van der Waals surface area contributed by atoms with Crippen molar-refractivity contribution < 1.29 is 32.7 Å². The highest BCUT2D eigenvalue weighted by Gasteiger charge is 2.33. The topological polar surface area (TPSA) is 77.9 Å². The predicted molar refractivity (Wildman–Crippen MR) is 128 cm³/mol. The molecule has 186 valence electrons. The summed E-state index contributed by atoms with van der Waals surface area (Å²) in [7, 11) is 0. The summed E-state index contributed by atoms with van der Waals surface area (Å²) < 4.78 is 39.1. The lowest BCUT2D eigenvalue weighted by atomic mass is 9.97. The van der Waals surface area contributed by atoms with Crippen LogP contribution in [0.15, 0.2) is 72.8 Å². The van der Waals surface area contributed by atoms with Crippen LogP contribution >= 0.6 is 0 Å². The predicted octanol–water partition coefficient (Wildman–Crippen LogP) is 5.86. The summed E-state index contributed by atoms with van der Waals surface area (Å²) in [6, 6.07) is 16.5. The van der Waals surface area contributed by atoms with Crippen LogP contribution in [0.25, 0.3) is 11.1 Å². The first-order valence-electron chi connectivity index (χ1n) is 11.4. The van der Waals surface area contributed by atoms with Crippen molar-refractivity contribution in [2.75, 3.05) is 18.0 Å². The van der Waals surface area contributed by atoms with Gasteiger partial charge in [0.25, 0.3) is 5.91 Å². The van der Waals surface area contributed by atoms with Gasteiger partial charge in [0, 0.05) is 18.7 Å². The highest BCUT2D eigenvalue weighted by Crippen LogP contribution is 2.33. The van der Waals surface area contributed by atoms with Gasteiger partial charge in [-0.2, -0.15) is 13.2 Å². The maximum Gasteiger partial charge on any atom is 0.416 e. The average Bonchev–Trinajstić information content (AvgIpc) is 3.39. The Balaban J connectivity index is 1.77. The van der Waals surface area contributed by atoms with Gasteiger partial charge in [-0.1, -0.05) is 42.5 Å². The van der Waals surface area contributed by atoms with Crippen LogP contribution in [0, 0.1) is 0 Å². The number of nitrogens with zero attached hydrogens (tertiary/aromatic N) is 2. The molecule has 0 aromatic heterocycles. The number of carbonyl (C=O) groups excluding carboxylic acids is 2. The van der Waals surface area contributed by atoms with Crippen molar-refractivity contribution in [1.82, 2.24) is 4.90 Å². The molecule has 9 heteroatoms. The van der Waals surface area contributed by atoms with Gasteiger partial charge < -0.3 is 10.0 Å². The van der Waals surface area contributed by atoms with Gasteiger partial charge in [-0.15, -0.1) is 0 Å². The molecule has 0 unspecified atom stereocenters. The molecular weight excluding hydrogens is 473 g/mol. The van der Waals surface area contributed by atoms with Crippen LogP contribution < -0.4 is 4.90 Å². The number of amides is 3. The van der Waals surface area contributed by atoms with Crippen molar-refractivity contribution in [2.24, 2.45) is 0 Å². The minimum absolute atomic E-state index is 0.133. The lowest BCUT2D eigenvalue weighted by molar-refractivity contribution is -0.138. The molecule has 36 heavy (non-hydrogen) atoms. The SMILES string of the molecule is O=C(O)Cc1cccc(N(C(=O)c2ccccc2-c2ccc(C(F)(F)F)cc2)C(=O)N2CCCC2)c1. The quantitative estimate of drug-likeness (QED) is 0.480. The van der Waals surface area contributed by atoms with Gasteiger partial charge in [-0.25, -0.2) is 9.69 Å². The maximum absolute atomic E-state index is 13.9. The van der Waals surface area contributed by atoms with Crippen molar-refractivity contribution in [3.05, 3.63) is 89.5 Å². The van der Waals surface area contributed by atoms with Crippen LogP contribution in [0.5, 0.6) is 0 Å². The minimum atomic E-state index is -4.49. The van der Waals surface area contributed by atoms with E-state index in [-0.39, 0.29) is 17.7 Å². The number of carboxylic acids is 1. The molecule has 4 rings (SSSR count). The largest absolute Gasteiger partial charge is 0.481 e. The summed E-state index contributed by atoms with van der Waals surface area (Å²) in [5, 5.41) is 9.17.